The molecule has 0 spiro atoms. The Bertz CT molecular complexity index is 205. The van der Waals surface area contributed by atoms with E-state index in [0.29, 0.717) is 6.41 Å². The number of aryl methyl sites for hydroxylation is 1. The Labute approximate surface area is 53.1 Å². The Hall–Kier alpha value is -1.25. The van der Waals surface area contributed by atoms with E-state index in [2.05, 4.69) is 10.3 Å². The van der Waals surface area contributed by atoms with Gasteiger partial charge in [-0.1, -0.05) is 0 Å². The SMILES string of the molecule is Cc1c[nH]c(NC=O)c1. The van der Waals surface area contributed by atoms with Crippen molar-refractivity contribution in [2.45, 2.75) is 6.92 Å². The van der Waals surface area contributed by atoms with E-state index in [1.54, 1.807) is 0 Å². The van der Waals surface area contributed by atoms with Gasteiger partial charge in [-0.2, -0.15) is 0 Å². The highest BCUT2D eigenvalue weighted by atomic mass is 16.1. The number of hydrogen-bond acceptors (Lipinski definition) is 1. The van der Waals surface area contributed by atoms with Gasteiger partial charge in [-0.05, 0) is 18.6 Å². The number of aromatic nitrogens is 1. The average Bonchev–Trinajstić information content (AvgIpc) is 2.17. The number of H-pyrrole nitrogens is 1. The first-order chi connectivity index (χ1) is 4.33. The minimum Gasteiger partial charge on any atom is -0.348 e. The summed E-state index contributed by atoms with van der Waals surface area (Å²) in [7, 11) is 0. The highest BCUT2D eigenvalue weighted by molar-refractivity contribution is 5.69. The predicted octanol–water partition coefficient (Wildman–Crippen LogP) is 0.891. The molecule has 0 aliphatic rings. The monoisotopic (exact) mass is 124 g/mol. The molecule has 0 atom stereocenters. The lowest BCUT2D eigenvalue weighted by Gasteiger charge is -1.87. The Morgan fingerprint density at radius 1 is 1.78 bits per heavy atom. The van der Waals surface area contributed by atoms with Crippen LogP contribution in [0.3, 0.4) is 0 Å². The number of aromatic amines is 1. The summed E-state index contributed by atoms with van der Waals surface area (Å²) in [6.07, 6.45) is 2.47. The fraction of sp³-hybridized carbons (Fsp3) is 0.167. The first-order valence-electron chi connectivity index (χ1n) is 2.68. The molecule has 48 valence electrons. The Balaban J connectivity index is 2.72. The van der Waals surface area contributed by atoms with Gasteiger partial charge in [0.1, 0.15) is 5.82 Å². The molecule has 1 amide bonds. The maximum absolute atomic E-state index is 9.85. The number of hydrogen-bond donors (Lipinski definition) is 2. The van der Waals surface area contributed by atoms with Crippen molar-refractivity contribution in [2.75, 3.05) is 5.32 Å². The highest BCUT2D eigenvalue weighted by Gasteiger charge is 1.89. The first kappa shape index (κ1) is 5.88. The lowest BCUT2D eigenvalue weighted by molar-refractivity contribution is -0.105. The van der Waals surface area contributed by atoms with E-state index in [9.17, 15) is 4.79 Å². The zero-order chi connectivity index (χ0) is 6.69. The third-order valence-electron chi connectivity index (χ3n) is 1.04. The van der Waals surface area contributed by atoms with Crippen molar-refractivity contribution < 1.29 is 4.79 Å². The fourth-order valence-electron chi connectivity index (χ4n) is 0.649. The van der Waals surface area contributed by atoms with E-state index in [-0.39, 0.29) is 0 Å². The number of anilines is 1. The molecule has 0 fully saturated rings. The van der Waals surface area contributed by atoms with Crippen molar-refractivity contribution in [3.8, 4) is 0 Å². The summed E-state index contributed by atoms with van der Waals surface area (Å²) in [6, 6.07) is 1.86. The summed E-state index contributed by atoms with van der Waals surface area (Å²) >= 11 is 0. The molecule has 1 aromatic rings. The first-order valence-corrected chi connectivity index (χ1v) is 2.68. The van der Waals surface area contributed by atoms with Gasteiger partial charge >= 0.3 is 0 Å². The zero-order valence-electron chi connectivity index (χ0n) is 5.14. The van der Waals surface area contributed by atoms with E-state index in [1.165, 1.54) is 0 Å². The van der Waals surface area contributed by atoms with Crippen LogP contribution in [0.25, 0.3) is 0 Å². The second-order valence-electron chi connectivity index (χ2n) is 1.85. The number of nitrogens with one attached hydrogen (secondary N) is 2. The van der Waals surface area contributed by atoms with Crippen LogP contribution in [-0.4, -0.2) is 11.4 Å². The van der Waals surface area contributed by atoms with Gasteiger partial charge in [-0.25, -0.2) is 0 Å². The van der Waals surface area contributed by atoms with Gasteiger partial charge in [0, 0.05) is 6.20 Å². The summed E-state index contributed by atoms with van der Waals surface area (Å²) in [5, 5.41) is 2.49. The largest absolute Gasteiger partial charge is 0.348 e. The van der Waals surface area contributed by atoms with Gasteiger partial charge in [-0.3, -0.25) is 4.79 Å². The van der Waals surface area contributed by atoms with Crippen LogP contribution in [-0.2, 0) is 4.79 Å². The maximum atomic E-state index is 9.85. The van der Waals surface area contributed by atoms with Crippen LogP contribution >= 0.6 is 0 Å². The molecule has 0 aliphatic carbocycles. The molecule has 0 saturated carbocycles. The van der Waals surface area contributed by atoms with Gasteiger partial charge in [-0.15, -0.1) is 0 Å². The van der Waals surface area contributed by atoms with Crippen LogP contribution in [0.1, 0.15) is 5.56 Å². The number of amides is 1. The molecule has 0 bridgehead atoms. The molecule has 3 heteroatoms. The van der Waals surface area contributed by atoms with Gasteiger partial charge in [0.2, 0.25) is 6.41 Å². The molecule has 1 rings (SSSR count). The third-order valence-corrected chi connectivity index (χ3v) is 1.04. The quantitative estimate of drug-likeness (QED) is 0.565. The lowest BCUT2D eigenvalue weighted by atomic mass is 10.4. The van der Waals surface area contributed by atoms with Crippen LogP contribution in [0.4, 0.5) is 5.82 Å². The molecule has 0 unspecified atom stereocenters. The fourth-order valence-corrected chi connectivity index (χ4v) is 0.649. The predicted molar refractivity (Wildman–Crippen MR) is 35.2 cm³/mol. The van der Waals surface area contributed by atoms with Crippen molar-refractivity contribution in [1.29, 1.82) is 0 Å². The third kappa shape index (κ3) is 1.32. The molecule has 3 nitrogen and oxygen atoms in total. The number of rotatable bonds is 2. The normalized spacial score (nSPS) is 9.00. The van der Waals surface area contributed by atoms with Crippen molar-refractivity contribution in [3.63, 3.8) is 0 Å². The summed E-state index contributed by atoms with van der Waals surface area (Å²) in [5.41, 5.74) is 1.11. The summed E-state index contributed by atoms with van der Waals surface area (Å²) in [6.45, 7) is 1.95. The molecule has 0 aromatic carbocycles. The van der Waals surface area contributed by atoms with Crippen LogP contribution in [0.2, 0.25) is 0 Å². The molecular formula is C6H8N2O. The molecule has 0 radical (unpaired) electrons. The Kier molecular flexibility index (Phi) is 1.53. The van der Waals surface area contributed by atoms with Crippen molar-refractivity contribution in [1.82, 2.24) is 4.98 Å². The topological polar surface area (TPSA) is 44.9 Å². The van der Waals surface area contributed by atoms with Crippen LogP contribution in [0.15, 0.2) is 12.3 Å². The van der Waals surface area contributed by atoms with Gasteiger partial charge < -0.3 is 10.3 Å². The molecule has 9 heavy (non-hydrogen) atoms. The summed E-state index contributed by atoms with van der Waals surface area (Å²) in [4.78, 5) is 12.7. The average molecular weight is 124 g/mol. The number of carbonyl (C=O) groups excluding carboxylic acids is 1. The van der Waals surface area contributed by atoms with Gasteiger partial charge in [0.25, 0.3) is 0 Å². The molecule has 1 heterocycles. The minimum absolute atomic E-state index is 0.644. The molecule has 2 N–H and O–H groups in total. The molecule has 0 saturated heterocycles. The van der Waals surface area contributed by atoms with Crippen molar-refractivity contribution >= 4 is 12.2 Å². The van der Waals surface area contributed by atoms with E-state index >= 15 is 0 Å². The second kappa shape index (κ2) is 2.35. The minimum atomic E-state index is 0.644. The second-order valence-corrected chi connectivity index (χ2v) is 1.85. The van der Waals surface area contributed by atoms with Crippen molar-refractivity contribution in [3.05, 3.63) is 17.8 Å². The highest BCUT2D eigenvalue weighted by Crippen LogP contribution is 2.04. The maximum Gasteiger partial charge on any atom is 0.212 e. The molecular weight excluding hydrogens is 116 g/mol. The standard InChI is InChI=1S/C6H8N2O/c1-5-2-6(7-3-5)8-4-9/h2-4,7H,1H3,(H,8,9). The molecule has 1 aromatic heterocycles. The number of carbonyl (C=O) groups is 1. The summed E-state index contributed by atoms with van der Waals surface area (Å²) in [5.74, 6) is 0.738. The lowest BCUT2D eigenvalue weighted by Crippen LogP contribution is -1.92. The van der Waals surface area contributed by atoms with Crippen LogP contribution in [0.5, 0.6) is 0 Å². The van der Waals surface area contributed by atoms with E-state index < -0.39 is 0 Å². The van der Waals surface area contributed by atoms with Gasteiger partial charge in [0.15, 0.2) is 0 Å². The smallest absolute Gasteiger partial charge is 0.212 e. The molecule has 0 aliphatic heterocycles. The summed E-state index contributed by atoms with van der Waals surface area (Å²) < 4.78 is 0. The van der Waals surface area contributed by atoms with Crippen LogP contribution < -0.4 is 5.32 Å². The van der Waals surface area contributed by atoms with Crippen LogP contribution in [0, 0.1) is 6.92 Å². The van der Waals surface area contributed by atoms with E-state index in [4.69, 9.17) is 0 Å². The Morgan fingerprint density at radius 3 is 3.00 bits per heavy atom. The van der Waals surface area contributed by atoms with E-state index in [0.717, 1.165) is 11.4 Å². The van der Waals surface area contributed by atoms with Gasteiger partial charge in [0.05, 0.1) is 0 Å². The van der Waals surface area contributed by atoms with Crippen molar-refractivity contribution in [2.24, 2.45) is 0 Å². The zero-order valence-corrected chi connectivity index (χ0v) is 5.14. The van der Waals surface area contributed by atoms with E-state index in [1.807, 2.05) is 19.2 Å². The Morgan fingerprint density at radius 2 is 2.56 bits per heavy atom.